The van der Waals surface area contributed by atoms with Crippen molar-refractivity contribution >= 4 is 27.5 Å². The first-order valence-corrected chi connectivity index (χ1v) is 5.93. The summed E-state index contributed by atoms with van der Waals surface area (Å²) in [5.41, 5.74) is 0.842. The number of nitrogens with one attached hydrogen (secondary N) is 2. The van der Waals surface area contributed by atoms with Crippen LogP contribution in [0.4, 0.5) is 10.1 Å². The van der Waals surface area contributed by atoms with Crippen LogP contribution in [-0.2, 0) is 4.79 Å². The van der Waals surface area contributed by atoms with Crippen molar-refractivity contribution in [3.63, 3.8) is 0 Å². The first kappa shape index (κ1) is 11.4. The minimum Gasteiger partial charge on any atom is -0.383 e. The summed E-state index contributed by atoms with van der Waals surface area (Å²) in [5.74, 6) is -0.174. The molecule has 0 aliphatic carbocycles. The van der Waals surface area contributed by atoms with Gasteiger partial charge in [0.05, 0.1) is 4.47 Å². The Morgan fingerprint density at radius 3 is 3.00 bits per heavy atom. The van der Waals surface area contributed by atoms with Crippen molar-refractivity contribution in [3.8, 4) is 0 Å². The lowest BCUT2D eigenvalue weighted by Gasteiger charge is -2.12. The largest absolute Gasteiger partial charge is 0.383 e. The van der Waals surface area contributed by atoms with E-state index in [0.29, 0.717) is 17.4 Å². The van der Waals surface area contributed by atoms with Gasteiger partial charge in [-0.25, -0.2) is 4.39 Å². The Kier molecular flexibility index (Phi) is 3.43. The lowest BCUT2D eigenvalue weighted by Crippen LogP contribution is -2.31. The smallest absolute Gasteiger partial charge is 0.220 e. The summed E-state index contributed by atoms with van der Waals surface area (Å²) in [4.78, 5) is 11.0. The molecule has 0 bridgehead atoms. The van der Waals surface area contributed by atoms with E-state index in [1.165, 1.54) is 6.07 Å². The highest BCUT2D eigenvalue weighted by Gasteiger charge is 2.19. The van der Waals surface area contributed by atoms with E-state index < -0.39 is 0 Å². The maximum atomic E-state index is 13.0. The van der Waals surface area contributed by atoms with Crippen molar-refractivity contribution in [2.75, 3.05) is 11.9 Å². The van der Waals surface area contributed by atoms with Crippen molar-refractivity contribution in [1.29, 1.82) is 0 Å². The number of carbonyl (C=O) groups is 1. The number of hydrogen-bond acceptors (Lipinski definition) is 2. The Labute approximate surface area is 102 Å². The van der Waals surface area contributed by atoms with E-state index in [0.717, 1.165) is 12.1 Å². The molecule has 1 aromatic rings. The third kappa shape index (κ3) is 2.72. The van der Waals surface area contributed by atoms with Crippen LogP contribution in [0.2, 0.25) is 0 Å². The number of benzene rings is 1. The maximum absolute atomic E-state index is 13.0. The van der Waals surface area contributed by atoms with E-state index in [-0.39, 0.29) is 17.8 Å². The molecule has 3 nitrogen and oxygen atoms in total. The molecule has 1 aromatic carbocycles. The van der Waals surface area contributed by atoms with Gasteiger partial charge in [-0.05, 0) is 40.5 Å². The molecular formula is C11H12BrFN2O. The Hall–Kier alpha value is -1.10. The normalized spacial score (nSPS) is 19.6. The molecule has 1 unspecified atom stereocenters. The summed E-state index contributed by atoms with van der Waals surface area (Å²) in [6.45, 7) is 0.670. The summed E-state index contributed by atoms with van der Waals surface area (Å²) in [6, 6.07) is 4.94. The van der Waals surface area contributed by atoms with E-state index in [1.54, 1.807) is 12.1 Å². The number of amides is 1. The second kappa shape index (κ2) is 4.82. The van der Waals surface area contributed by atoms with Gasteiger partial charge in [-0.2, -0.15) is 0 Å². The fourth-order valence-electron chi connectivity index (χ4n) is 1.68. The monoisotopic (exact) mass is 286 g/mol. The van der Waals surface area contributed by atoms with Gasteiger partial charge in [0.15, 0.2) is 0 Å². The van der Waals surface area contributed by atoms with Gasteiger partial charge in [-0.15, -0.1) is 0 Å². The van der Waals surface area contributed by atoms with Crippen LogP contribution in [0.1, 0.15) is 12.8 Å². The van der Waals surface area contributed by atoms with Crippen LogP contribution in [0.5, 0.6) is 0 Å². The van der Waals surface area contributed by atoms with Gasteiger partial charge in [0.25, 0.3) is 0 Å². The van der Waals surface area contributed by atoms with Gasteiger partial charge < -0.3 is 10.6 Å². The lowest BCUT2D eigenvalue weighted by molar-refractivity contribution is -0.119. The predicted octanol–water partition coefficient (Wildman–Crippen LogP) is 2.28. The molecular weight excluding hydrogens is 275 g/mol. The fourth-order valence-corrected chi connectivity index (χ4v) is 2.06. The van der Waals surface area contributed by atoms with Gasteiger partial charge in [-0.3, -0.25) is 4.79 Å². The molecule has 1 fully saturated rings. The Morgan fingerprint density at radius 1 is 1.56 bits per heavy atom. The molecule has 2 rings (SSSR count). The molecule has 0 saturated carbocycles. The van der Waals surface area contributed by atoms with Gasteiger partial charge in [-0.1, -0.05) is 0 Å². The molecule has 1 aliphatic heterocycles. The van der Waals surface area contributed by atoms with E-state index in [2.05, 4.69) is 26.6 Å². The standard InChI is InChI=1S/C11H12BrFN2O/c12-9-5-7(1-3-10(9)13)14-6-8-2-4-11(16)15-8/h1,3,5,8,14H,2,4,6H2,(H,15,16). The fraction of sp³-hybridized carbons (Fsp3) is 0.364. The first-order valence-electron chi connectivity index (χ1n) is 5.13. The summed E-state index contributed by atoms with van der Waals surface area (Å²) in [6.07, 6.45) is 1.45. The topological polar surface area (TPSA) is 41.1 Å². The first-order chi connectivity index (χ1) is 7.65. The minimum absolute atomic E-state index is 0.104. The minimum atomic E-state index is -0.278. The summed E-state index contributed by atoms with van der Waals surface area (Å²) in [7, 11) is 0. The molecule has 1 heterocycles. The number of rotatable bonds is 3. The summed E-state index contributed by atoms with van der Waals surface area (Å²) >= 11 is 3.12. The molecule has 0 radical (unpaired) electrons. The molecule has 2 N–H and O–H groups in total. The van der Waals surface area contributed by atoms with Crippen molar-refractivity contribution in [2.24, 2.45) is 0 Å². The van der Waals surface area contributed by atoms with Crippen LogP contribution in [-0.4, -0.2) is 18.5 Å². The average Bonchev–Trinajstić information content (AvgIpc) is 2.66. The van der Waals surface area contributed by atoms with Crippen molar-refractivity contribution in [1.82, 2.24) is 5.32 Å². The molecule has 1 aliphatic rings. The van der Waals surface area contributed by atoms with Gasteiger partial charge in [0.2, 0.25) is 5.91 Å². The van der Waals surface area contributed by atoms with Gasteiger partial charge in [0.1, 0.15) is 5.82 Å². The van der Waals surface area contributed by atoms with E-state index in [9.17, 15) is 9.18 Å². The van der Waals surface area contributed by atoms with Gasteiger partial charge >= 0.3 is 0 Å². The summed E-state index contributed by atoms with van der Waals surface area (Å²) < 4.78 is 13.4. The van der Waals surface area contributed by atoms with Crippen molar-refractivity contribution < 1.29 is 9.18 Å². The predicted molar refractivity (Wildman–Crippen MR) is 63.8 cm³/mol. The highest BCUT2D eigenvalue weighted by atomic mass is 79.9. The van der Waals surface area contributed by atoms with E-state index in [4.69, 9.17) is 0 Å². The molecule has 0 aromatic heterocycles. The van der Waals surface area contributed by atoms with Crippen LogP contribution >= 0.6 is 15.9 Å². The lowest BCUT2D eigenvalue weighted by atomic mass is 10.2. The zero-order valence-corrected chi connectivity index (χ0v) is 10.2. The zero-order chi connectivity index (χ0) is 11.5. The van der Waals surface area contributed by atoms with Gasteiger partial charge in [0, 0.05) is 24.7 Å². The quantitative estimate of drug-likeness (QED) is 0.895. The van der Waals surface area contributed by atoms with Crippen molar-refractivity contribution in [2.45, 2.75) is 18.9 Å². The summed E-state index contributed by atoms with van der Waals surface area (Å²) in [5, 5.41) is 6.03. The maximum Gasteiger partial charge on any atom is 0.220 e. The van der Waals surface area contributed by atoms with Crippen LogP contribution in [0.15, 0.2) is 22.7 Å². The van der Waals surface area contributed by atoms with E-state index >= 15 is 0 Å². The zero-order valence-electron chi connectivity index (χ0n) is 8.59. The van der Waals surface area contributed by atoms with Crippen molar-refractivity contribution in [3.05, 3.63) is 28.5 Å². The van der Waals surface area contributed by atoms with Crippen LogP contribution < -0.4 is 10.6 Å². The molecule has 0 spiro atoms. The Balaban J connectivity index is 1.89. The number of anilines is 1. The molecule has 1 saturated heterocycles. The van der Waals surface area contributed by atoms with Crippen LogP contribution in [0.3, 0.4) is 0 Å². The molecule has 1 atom stereocenters. The number of halogens is 2. The average molecular weight is 287 g/mol. The molecule has 86 valence electrons. The van der Waals surface area contributed by atoms with Crippen LogP contribution in [0.25, 0.3) is 0 Å². The second-order valence-electron chi connectivity index (χ2n) is 3.81. The highest BCUT2D eigenvalue weighted by molar-refractivity contribution is 9.10. The third-order valence-corrected chi connectivity index (χ3v) is 3.16. The number of hydrogen-bond donors (Lipinski definition) is 2. The molecule has 1 amide bonds. The number of carbonyl (C=O) groups excluding carboxylic acids is 1. The SMILES string of the molecule is O=C1CCC(CNc2ccc(F)c(Br)c2)N1. The second-order valence-corrected chi connectivity index (χ2v) is 4.67. The Bertz CT molecular complexity index is 411. The van der Waals surface area contributed by atoms with Crippen LogP contribution in [0, 0.1) is 5.82 Å². The van der Waals surface area contributed by atoms with E-state index in [1.807, 2.05) is 0 Å². The molecule has 5 heteroatoms. The third-order valence-electron chi connectivity index (χ3n) is 2.56. The Morgan fingerprint density at radius 2 is 2.38 bits per heavy atom. The highest BCUT2D eigenvalue weighted by Crippen LogP contribution is 2.20. The molecule has 16 heavy (non-hydrogen) atoms.